The number of phosphoric ester groups is 2. The van der Waals surface area contributed by atoms with Crippen LogP contribution >= 0.6 is 15.6 Å². The molecule has 0 aliphatic carbocycles. The van der Waals surface area contributed by atoms with Gasteiger partial charge in [0, 0.05) is 19.3 Å². The lowest BCUT2D eigenvalue weighted by Gasteiger charge is -2.21. The number of carbonyl (C=O) groups is 3. The highest BCUT2D eigenvalue weighted by Crippen LogP contribution is 2.45. The second-order valence-corrected chi connectivity index (χ2v) is 33.3. The summed E-state index contributed by atoms with van der Waals surface area (Å²) in [7, 11) is -9.79. The highest BCUT2D eigenvalue weighted by atomic mass is 31.2. The lowest BCUT2D eigenvalue weighted by Crippen LogP contribution is -2.30. The van der Waals surface area contributed by atoms with Crippen LogP contribution in [0.25, 0.3) is 0 Å². The Kier molecular flexibility index (Phi) is 82.7. The third-order valence-electron chi connectivity index (χ3n) is 19.5. The molecule has 4 N–H and O–H groups in total. The fraction of sp³-hybridized carbons (Fsp3) is 0.774. The van der Waals surface area contributed by atoms with Gasteiger partial charge in [0.2, 0.25) is 0 Å². The van der Waals surface area contributed by atoms with E-state index in [4.69, 9.17) is 32.3 Å². The number of hydrogen-bond donors (Lipinski definition) is 4. The summed E-state index contributed by atoms with van der Waals surface area (Å²) in [6.45, 7) is 2.61. The Labute approximate surface area is 679 Å². The molecular formula is C93H166O16P2. The average Bonchev–Trinajstić information content (AvgIpc) is 0.901. The van der Waals surface area contributed by atoms with E-state index in [0.29, 0.717) is 19.3 Å². The lowest BCUT2D eigenvalue weighted by molar-refractivity contribution is -0.161. The van der Waals surface area contributed by atoms with E-state index < -0.39 is 91.5 Å². The average molecular weight is 1600 g/mol. The molecule has 16 nitrogen and oxygen atoms in total. The van der Waals surface area contributed by atoms with Crippen molar-refractivity contribution in [1.29, 1.82) is 0 Å². The number of hydrogen-bond acceptors (Lipinski definition) is 14. The van der Waals surface area contributed by atoms with Gasteiger partial charge in [-0.15, -0.1) is 0 Å². The molecule has 5 unspecified atom stereocenters. The van der Waals surface area contributed by atoms with Crippen LogP contribution in [-0.4, -0.2) is 95.9 Å². The molecule has 644 valence electrons. The van der Waals surface area contributed by atoms with Crippen molar-refractivity contribution in [1.82, 2.24) is 0 Å². The van der Waals surface area contributed by atoms with Crippen LogP contribution in [0.1, 0.15) is 406 Å². The summed E-state index contributed by atoms with van der Waals surface area (Å²) in [6, 6.07) is 0. The molecule has 0 spiro atoms. The number of aliphatic hydroxyl groups excluding tert-OH is 2. The highest BCUT2D eigenvalue weighted by Gasteiger charge is 2.29. The van der Waals surface area contributed by atoms with Gasteiger partial charge in [0.25, 0.3) is 0 Å². The Morgan fingerprint density at radius 1 is 0.261 bits per heavy atom. The molecule has 0 aliphatic heterocycles. The van der Waals surface area contributed by atoms with Gasteiger partial charge < -0.3 is 34.2 Å². The van der Waals surface area contributed by atoms with E-state index in [-0.39, 0.29) is 19.3 Å². The molecule has 0 fully saturated rings. The fourth-order valence-electron chi connectivity index (χ4n) is 12.6. The number of aliphatic hydroxyl groups is 2. The lowest BCUT2D eigenvalue weighted by atomic mass is 10.0. The molecule has 0 aliphatic rings. The van der Waals surface area contributed by atoms with Gasteiger partial charge in [0.05, 0.1) is 26.4 Å². The molecule has 0 rings (SSSR count). The normalized spacial score (nSPS) is 14.3. The minimum Gasteiger partial charge on any atom is -0.463 e. The quantitative estimate of drug-likeness (QED) is 0.0146. The monoisotopic (exact) mass is 1600 g/mol. The summed E-state index contributed by atoms with van der Waals surface area (Å²) < 4.78 is 61.4. The van der Waals surface area contributed by atoms with Gasteiger partial charge in [-0.25, -0.2) is 9.13 Å². The molecule has 0 amide bonds. The van der Waals surface area contributed by atoms with Gasteiger partial charge in [-0.05, 0) is 109 Å². The molecular weight excluding hydrogens is 1430 g/mol. The van der Waals surface area contributed by atoms with Gasteiger partial charge in [-0.1, -0.05) is 387 Å². The zero-order chi connectivity index (χ0) is 80.8. The van der Waals surface area contributed by atoms with E-state index in [1.54, 1.807) is 0 Å². The largest absolute Gasteiger partial charge is 0.472 e. The first-order chi connectivity index (χ1) is 54.2. The predicted molar refractivity (Wildman–Crippen MR) is 464 cm³/mol. The topological polar surface area (TPSA) is 231 Å². The second kappa shape index (κ2) is 85.6. The van der Waals surface area contributed by atoms with Crippen LogP contribution in [0, 0.1) is 0 Å². The Bertz CT molecular complexity index is 2450. The Morgan fingerprint density at radius 3 is 0.775 bits per heavy atom. The van der Waals surface area contributed by atoms with Crippen molar-refractivity contribution >= 4 is 33.6 Å². The van der Waals surface area contributed by atoms with Crippen molar-refractivity contribution in [2.24, 2.45) is 0 Å². The summed E-state index contributed by atoms with van der Waals surface area (Å²) in [5.74, 6) is -1.56. The summed E-state index contributed by atoms with van der Waals surface area (Å²) in [5.41, 5.74) is 0. The van der Waals surface area contributed by atoms with Crippen LogP contribution in [0.5, 0.6) is 0 Å². The number of esters is 3. The van der Waals surface area contributed by atoms with Crippen LogP contribution in [-0.2, 0) is 55.8 Å². The van der Waals surface area contributed by atoms with Gasteiger partial charge in [0.1, 0.15) is 25.4 Å². The zero-order valence-corrected chi connectivity index (χ0v) is 72.7. The molecule has 0 aromatic heterocycles. The van der Waals surface area contributed by atoms with Crippen molar-refractivity contribution in [2.75, 3.05) is 39.6 Å². The molecule has 0 saturated heterocycles. The number of ether oxygens (including phenoxy) is 3. The maximum Gasteiger partial charge on any atom is 0.472 e. The molecule has 0 heterocycles. The Balaban J connectivity index is 4.41. The smallest absolute Gasteiger partial charge is 0.463 e. The Morgan fingerprint density at radius 2 is 0.477 bits per heavy atom. The van der Waals surface area contributed by atoms with Crippen molar-refractivity contribution in [3.63, 3.8) is 0 Å². The summed E-state index contributed by atoms with van der Waals surface area (Å²) in [4.78, 5) is 58.9. The van der Waals surface area contributed by atoms with E-state index in [1.165, 1.54) is 218 Å². The van der Waals surface area contributed by atoms with Gasteiger partial charge in [0.15, 0.2) is 6.10 Å². The van der Waals surface area contributed by atoms with Crippen LogP contribution in [0.3, 0.4) is 0 Å². The SMILES string of the molecule is CC/C=C\C/C=C\C/C=C\C/C=C\C/C=C\CCCCCCCCCCCCCCCCCCCCCC(=O)OCC(O)COP(=O)(O)OCC(O)COP(=O)(O)OCC(COC(=O)CCCCCCCCCCC/C=C\C/C=C\C/C=C\C/C=C\CCCCC)OC(=O)CCCCCCCCCCCCCCCCC. The molecule has 5 atom stereocenters. The number of allylic oxidation sites excluding steroid dienone is 18. The third kappa shape index (κ3) is 86.9. The van der Waals surface area contributed by atoms with Crippen molar-refractivity contribution in [3.05, 3.63) is 109 Å². The summed E-state index contributed by atoms with van der Waals surface area (Å²) in [5, 5.41) is 20.7. The minimum atomic E-state index is -4.93. The maximum absolute atomic E-state index is 13.0. The third-order valence-corrected chi connectivity index (χ3v) is 21.4. The number of carbonyl (C=O) groups excluding carboxylic acids is 3. The van der Waals surface area contributed by atoms with E-state index in [1.807, 2.05) is 0 Å². The summed E-state index contributed by atoms with van der Waals surface area (Å²) >= 11 is 0. The van der Waals surface area contributed by atoms with Crippen molar-refractivity contribution in [2.45, 2.75) is 424 Å². The second-order valence-electron chi connectivity index (χ2n) is 30.4. The summed E-state index contributed by atoms with van der Waals surface area (Å²) in [6.07, 6.45) is 103. The van der Waals surface area contributed by atoms with Gasteiger partial charge in [-0.2, -0.15) is 0 Å². The van der Waals surface area contributed by atoms with E-state index in [2.05, 4.69) is 130 Å². The van der Waals surface area contributed by atoms with Crippen LogP contribution < -0.4 is 0 Å². The molecule has 0 bridgehead atoms. The molecule has 0 radical (unpaired) electrons. The predicted octanol–water partition coefficient (Wildman–Crippen LogP) is 27.4. The van der Waals surface area contributed by atoms with Crippen molar-refractivity contribution < 1.29 is 75.8 Å². The number of rotatable bonds is 86. The first-order valence-electron chi connectivity index (χ1n) is 45.2. The standard InChI is InChI=1S/C93H166O16P2/c1-4-7-10-13-16-19-22-25-28-30-32-34-36-38-39-40-41-42-43-44-45-46-47-49-51-52-54-56-59-61-64-67-70-73-76-79-91(96)103-82-88(94)83-105-110(99,100)106-84-89(95)85-107-111(101,102)108-87-90(109-93(98)81-78-75-72-69-66-63-58-27-24-21-18-15-12-9-6-3)86-104-92(97)80-77-74-71-68-65-62-60-57-55-53-50-48-37-35-33-31-29-26-23-20-17-14-11-8-5-2/h7,10,16-17,19-20,25-26,28-29,32-35,38-39,48,50,88-90,94-95H,4-6,8-9,11-15,18,21-24,27,30-31,36-37,40-47,49,51-87H2,1-3H3,(H,99,100)(H,101,102)/b10-7-,19-16-,20-17-,28-25-,29-26-,34-32-,35-33-,39-38-,50-48-. The van der Waals surface area contributed by atoms with Crippen LogP contribution in [0.4, 0.5) is 0 Å². The number of unbranched alkanes of at least 4 members (excludes halogenated alkanes) is 45. The van der Waals surface area contributed by atoms with Crippen LogP contribution in [0.2, 0.25) is 0 Å². The maximum atomic E-state index is 13.0. The molecule has 0 aromatic carbocycles. The van der Waals surface area contributed by atoms with Crippen LogP contribution in [0.15, 0.2) is 109 Å². The minimum absolute atomic E-state index is 0.108. The van der Waals surface area contributed by atoms with Gasteiger partial charge in [-0.3, -0.25) is 32.5 Å². The number of phosphoric acid groups is 2. The van der Waals surface area contributed by atoms with E-state index in [9.17, 15) is 43.5 Å². The van der Waals surface area contributed by atoms with Gasteiger partial charge >= 0.3 is 33.6 Å². The van der Waals surface area contributed by atoms with Crippen molar-refractivity contribution in [3.8, 4) is 0 Å². The molecule has 18 heteroatoms. The van der Waals surface area contributed by atoms with E-state index >= 15 is 0 Å². The Hall–Kier alpha value is -3.79. The molecule has 111 heavy (non-hydrogen) atoms. The first kappa shape index (κ1) is 107. The fourth-order valence-corrected chi connectivity index (χ4v) is 14.2. The van der Waals surface area contributed by atoms with E-state index in [0.717, 1.165) is 128 Å². The zero-order valence-electron chi connectivity index (χ0n) is 70.9. The first-order valence-corrected chi connectivity index (χ1v) is 48.2. The highest BCUT2D eigenvalue weighted by molar-refractivity contribution is 7.47. The molecule has 0 aromatic rings. The molecule has 0 saturated carbocycles.